The first-order valence-electron chi connectivity index (χ1n) is 11.1. The molecule has 0 bridgehead atoms. The number of hydrogen-bond donors (Lipinski definition) is 0. The molecule has 1 fully saturated rings. The number of benzene rings is 2. The van der Waals surface area contributed by atoms with Crippen molar-refractivity contribution in [2.24, 2.45) is 0 Å². The van der Waals surface area contributed by atoms with Crippen molar-refractivity contribution in [3.8, 4) is 5.75 Å². The van der Waals surface area contributed by atoms with Crippen LogP contribution < -0.4 is 4.74 Å². The second-order valence-electron chi connectivity index (χ2n) is 8.23. The average molecular weight is 482 g/mol. The van der Waals surface area contributed by atoms with Crippen LogP contribution in [0.25, 0.3) is 0 Å². The lowest BCUT2D eigenvalue weighted by Gasteiger charge is -2.34. The molecule has 1 saturated heterocycles. The van der Waals surface area contributed by atoms with E-state index < -0.39 is 0 Å². The third-order valence-corrected chi connectivity index (χ3v) is 6.45. The van der Waals surface area contributed by atoms with Gasteiger partial charge < -0.3 is 19.3 Å². The number of piperazine rings is 1. The van der Waals surface area contributed by atoms with Crippen molar-refractivity contribution >= 4 is 23.4 Å². The van der Waals surface area contributed by atoms with Crippen LogP contribution in [-0.4, -0.2) is 69.9 Å². The standard InChI is InChI=1S/C24H24ClN5O4/c1-33-19-7-5-16(6-8-19)21-14-30-20(15-34-21)22(26-27-30)24(32)29-11-9-28(10-12-29)23(31)17-3-2-4-18(25)13-17/h2-8,13,21H,9-12,14-15H2,1H3/t21-/m1/s1. The number of aromatic nitrogens is 3. The number of rotatable bonds is 4. The van der Waals surface area contributed by atoms with Crippen LogP contribution >= 0.6 is 11.6 Å². The fraction of sp³-hybridized carbons (Fsp3) is 0.333. The normalized spacial score (nSPS) is 17.9. The van der Waals surface area contributed by atoms with E-state index >= 15 is 0 Å². The molecule has 2 amide bonds. The highest BCUT2D eigenvalue weighted by atomic mass is 35.5. The highest BCUT2D eigenvalue weighted by molar-refractivity contribution is 6.30. The smallest absolute Gasteiger partial charge is 0.276 e. The van der Waals surface area contributed by atoms with Gasteiger partial charge in [-0.15, -0.1) is 5.10 Å². The minimum Gasteiger partial charge on any atom is -0.497 e. The minimum absolute atomic E-state index is 0.0892. The second-order valence-corrected chi connectivity index (χ2v) is 8.67. The molecule has 10 heteroatoms. The van der Waals surface area contributed by atoms with Gasteiger partial charge >= 0.3 is 0 Å². The predicted octanol–water partition coefficient (Wildman–Crippen LogP) is 2.81. The molecular weight excluding hydrogens is 458 g/mol. The van der Waals surface area contributed by atoms with Crippen molar-refractivity contribution in [3.05, 3.63) is 76.1 Å². The first-order valence-corrected chi connectivity index (χ1v) is 11.4. The summed E-state index contributed by atoms with van der Waals surface area (Å²) in [5, 5.41) is 8.90. The molecule has 3 heterocycles. The fourth-order valence-corrected chi connectivity index (χ4v) is 4.45. The van der Waals surface area contributed by atoms with Crippen molar-refractivity contribution < 1.29 is 19.1 Å². The summed E-state index contributed by atoms with van der Waals surface area (Å²) in [6.45, 7) is 2.45. The Kier molecular flexibility index (Phi) is 6.21. The number of methoxy groups -OCH3 is 1. The first-order chi connectivity index (χ1) is 16.5. The Balaban J connectivity index is 1.22. The number of fused-ring (bicyclic) bond motifs is 1. The van der Waals surface area contributed by atoms with Gasteiger partial charge in [-0.25, -0.2) is 4.68 Å². The van der Waals surface area contributed by atoms with Gasteiger partial charge in [-0.3, -0.25) is 9.59 Å². The van der Waals surface area contributed by atoms with Crippen molar-refractivity contribution in [1.29, 1.82) is 0 Å². The lowest BCUT2D eigenvalue weighted by Crippen LogP contribution is -2.50. The summed E-state index contributed by atoms with van der Waals surface area (Å²) in [6, 6.07) is 14.6. The maximum atomic E-state index is 13.2. The number of nitrogens with zero attached hydrogens (tertiary/aromatic N) is 5. The van der Waals surface area contributed by atoms with Gasteiger partial charge in [-0.1, -0.05) is 35.0 Å². The topological polar surface area (TPSA) is 89.8 Å². The Bertz CT molecular complexity index is 1200. The number of carbonyl (C=O) groups is 2. The van der Waals surface area contributed by atoms with Gasteiger partial charge in [0.05, 0.1) is 26.0 Å². The summed E-state index contributed by atoms with van der Waals surface area (Å²) in [5.41, 5.74) is 2.54. The van der Waals surface area contributed by atoms with Crippen LogP contribution in [0.4, 0.5) is 0 Å². The quantitative estimate of drug-likeness (QED) is 0.569. The van der Waals surface area contributed by atoms with Gasteiger partial charge in [0.25, 0.3) is 11.8 Å². The highest BCUT2D eigenvalue weighted by Gasteiger charge is 2.32. The molecule has 1 aromatic heterocycles. The zero-order valence-electron chi connectivity index (χ0n) is 18.7. The summed E-state index contributed by atoms with van der Waals surface area (Å²) in [5.74, 6) is 0.500. The predicted molar refractivity (Wildman–Crippen MR) is 124 cm³/mol. The van der Waals surface area contributed by atoms with E-state index in [4.69, 9.17) is 21.1 Å². The molecule has 176 valence electrons. The third-order valence-electron chi connectivity index (χ3n) is 6.21. The number of ether oxygens (including phenoxy) is 2. The molecular formula is C24H24ClN5O4. The van der Waals surface area contributed by atoms with E-state index in [1.54, 1.807) is 45.9 Å². The zero-order valence-corrected chi connectivity index (χ0v) is 19.4. The van der Waals surface area contributed by atoms with E-state index in [-0.39, 0.29) is 24.5 Å². The Hall–Kier alpha value is -3.43. The molecule has 9 nitrogen and oxygen atoms in total. The van der Waals surface area contributed by atoms with Gasteiger partial charge in [0.1, 0.15) is 11.9 Å². The Morgan fingerprint density at radius 3 is 2.41 bits per heavy atom. The molecule has 5 rings (SSSR count). The maximum absolute atomic E-state index is 13.2. The van der Waals surface area contributed by atoms with E-state index in [0.29, 0.717) is 54.7 Å². The van der Waals surface area contributed by atoms with Gasteiger partial charge in [0, 0.05) is 36.8 Å². The minimum atomic E-state index is -0.192. The second kappa shape index (κ2) is 9.44. The molecule has 0 saturated carbocycles. The monoisotopic (exact) mass is 481 g/mol. The number of carbonyl (C=O) groups excluding carboxylic acids is 2. The fourth-order valence-electron chi connectivity index (χ4n) is 4.26. The summed E-state index contributed by atoms with van der Waals surface area (Å²) in [6.07, 6.45) is -0.177. The number of hydrogen-bond acceptors (Lipinski definition) is 6. The van der Waals surface area contributed by atoms with Gasteiger partial charge in [-0.2, -0.15) is 0 Å². The average Bonchev–Trinajstić information content (AvgIpc) is 3.31. The van der Waals surface area contributed by atoms with E-state index in [2.05, 4.69) is 10.3 Å². The van der Waals surface area contributed by atoms with Crippen LogP contribution in [0.5, 0.6) is 5.75 Å². The molecule has 0 radical (unpaired) electrons. The van der Waals surface area contributed by atoms with E-state index in [0.717, 1.165) is 11.3 Å². The van der Waals surface area contributed by atoms with Crippen LogP contribution in [0.2, 0.25) is 5.02 Å². The lowest BCUT2D eigenvalue weighted by molar-refractivity contribution is -0.00204. The molecule has 1 atom stereocenters. The summed E-state index contributed by atoms with van der Waals surface area (Å²) in [4.78, 5) is 29.4. The highest BCUT2D eigenvalue weighted by Crippen LogP contribution is 2.28. The first kappa shape index (κ1) is 22.4. The van der Waals surface area contributed by atoms with E-state index in [1.165, 1.54) is 0 Å². The number of amides is 2. The maximum Gasteiger partial charge on any atom is 0.276 e. The molecule has 0 N–H and O–H groups in total. The van der Waals surface area contributed by atoms with Crippen molar-refractivity contribution in [2.45, 2.75) is 19.3 Å². The van der Waals surface area contributed by atoms with E-state index in [9.17, 15) is 9.59 Å². The van der Waals surface area contributed by atoms with Crippen LogP contribution in [0.15, 0.2) is 48.5 Å². The van der Waals surface area contributed by atoms with Gasteiger partial charge in [0.2, 0.25) is 0 Å². The van der Waals surface area contributed by atoms with Crippen LogP contribution in [0, 0.1) is 0 Å². The van der Waals surface area contributed by atoms with Crippen molar-refractivity contribution in [3.63, 3.8) is 0 Å². The zero-order chi connectivity index (χ0) is 23.7. The molecule has 2 aliphatic heterocycles. The largest absolute Gasteiger partial charge is 0.497 e. The molecule has 0 unspecified atom stereocenters. The summed E-state index contributed by atoms with van der Waals surface area (Å²) < 4.78 is 13.0. The molecule has 2 aliphatic rings. The Morgan fingerprint density at radius 2 is 1.74 bits per heavy atom. The molecule has 3 aromatic rings. The van der Waals surface area contributed by atoms with Crippen LogP contribution in [-0.2, 0) is 17.9 Å². The molecule has 34 heavy (non-hydrogen) atoms. The third kappa shape index (κ3) is 4.36. The van der Waals surface area contributed by atoms with Crippen LogP contribution in [0.3, 0.4) is 0 Å². The van der Waals surface area contributed by atoms with Crippen molar-refractivity contribution in [1.82, 2.24) is 24.8 Å². The summed E-state index contributed by atoms with van der Waals surface area (Å²) >= 11 is 6.01. The van der Waals surface area contributed by atoms with Gasteiger partial charge in [-0.05, 0) is 35.9 Å². The summed E-state index contributed by atoms with van der Waals surface area (Å²) in [7, 11) is 1.63. The van der Waals surface area contributed by atoms with E-state index in [1.807, 2.05) is 24.3 Å². The molecule has 2 aromatic carbocycles. The van der Waals surface area contributed by atoms with Gasteiger partial charge in [0.15, 0.2) is 5.69 Å². The van der Waals surface area contributed by atoms with Crippen LogP contribution in [0.1, 0.15) is 38.2 Å². The molecule has 0 aliphatic carbocycles. The number of halogens is 1. The lowest BCUT2D eigenvalue weighted by atomic mass is 10.1. The SMILES string of the molecule is COc1ccc([C@H]2Cn3nnc(C(=O)N4CCN(C(=O)c5cccc(Cl)c5)CC4)c3CO2)cc1. The van der Waals surface area contributed by atoms with Crippen molar-refractivity contribution in [2.75, 3.05) is 33.3 Å². The Morgan fingerprint density at radius 1 is 1.03 bits per heavy atom. The molecule has 0 spiro atoms. The Labute approximate surface area is 201 Å².